The summed E-state index contributed by atoms with van der Waals surface area (Å²) < 4.78 is 13.4. The first-order valence-electron chi connectivity index (χ1n) is 13.5. The molecule has 5 heterocycles. The zero-order valence-corrected chi connectivity index (χ0v) is 21.7. The van der Waals surface area contributed by atoms with Crippen LogP contribution >= 0.6 is 0 Å². The van der Waals surface area contributed by atoms with Crippen molar-refractivity contribution in [1.29, 1.82) is 0 Å². The van der Waals surface area contributed by atoms with Gasteiger partial charge in [-0.05, 0) is 48.9 Å². The number of benzene rings is 2. The molecule has 0 saturated carbocycles. The molecule has 196 valence electrons. The Labute approximate surface area is 224 Å². The maximum atomic E-state index is 13.3. The third-order valence-electron chi connectivity index (χ3n) is 8.49. The lowest BCUT2D eigenvalue weighted by Gasteiger charge is -2.42. The summed E-state index contributed by atoms with van der Waals surface area (Å²) in [4.78, 5) is 40.5. The number of piperidine rings is 1. The van der Waals surface area contributed by atoms with Gasteiger partial charge in [0.15, 0.2) is 0 Å². The minimum atomic E-state index is -0.411. The number of nitrogens with zero attached hydrogens (tertiary/aromatic N) is 2. The van der Waals surface area contributed by atoms with E-state index < -0.39 is 5.63 Å². The van der Waals surface area contributed by atoms with Crippen LogP contribution in [-0.2, 0) is 17.8 Å². The zero-order valence-electron chi connectivity index (χ0n) is 21.7. The van der Waals surface area contributed by atoms with Crippen molar-refractivity contribution in [2.45, 2.75) is 38.6 Å². The van der Waals surface area contributed by atoms with Gasteiger partial charge >= 0.3 is 5.63 Å². The molecule has 0 N–H and O–H groups in total. The zero-order chi connectivity index (χ0) is 26.7. The molecular weight excluding hydrogens is 492 g/mol. The molecule has 2 aromatic carbocycles. The van der Waals surface area contributed by atoms with Gasteiger partial charge in [0, 0.05) is 71.7 Å². The Bertz CT molecular complexity index is 1860. The van der Waals surface area contributed by atoms with E-state index in [9.17, 15) is 14.4 Å². The van der Waals surface area contributed by atoms with E-state index in [2.05, 4.69) is 0 Å². The number of hydrogen-bond acceptors (Lipinski definition) is 5. The highest BCUT2D eigenvalue weighted by Crippen LogP contribution is 2.36. The number of furan rings is 1. The van der Waals surface area contributed by atoms with Crippen LogP contribution in [0.2, 0.25) is 0 Å². The monoisotopic (exact) mass is 520 g/mol. The molecule has 2 atom stereocenters. The molecular formula is C32H28N2O5. The molecule has 0 aliphatic carbocycles. The summed E-state index contributed by atoms with van der Waals surface area (Å²) in [5.41, 5.74) is 5.18. The van der Waals surface area contributed by atoms with Crippen molar-refractivity contribution in [3.05, 3.63) is 105 Å². The van der Waals surface area contributed by atoms with Crippen LogP contribution < -0.4 is 11.2 Å². The van der Waals surface area contributed by atoms with E-state index in [1.54, 1.807) is 24.5 Å². The molecule has 0 radical (unpaired) electrons. The summed E-state index contributed by atoms with van der Waals surface area (Å²) in [6.45, 7) is 3.82. The largest absolute Gasteiger partial charge is 0.464 e. The first-order valence-corrected chi connectivity index (χ1v) is 13.5. The normalized spacial score (nSPS) is 18.4. The molecule has 2 bridgehead atoms. The molecule has 1 fully saturated rings. The van der Waals surface area contributed by atoms with Crippen LogP contribution in [0.5, 0.6) is 0 Å². The lowest BCUT2D eigenvalue weighted by molar-refractivity contribution is -0.133. The molecule has 1 saturated heterocycles. The number of carbonyl (C=O) groups excluding carboxylic acids is 1. The van der Waals surface area contributed by atoms with Gasteiger partial charge < -0.3 is 18.3 Å². The second-order valence-electron chi connectivity index (χ2n) is 10.8. The lowest BCUT2D eigenvalue weighted by atomic mass is 9.83. The van der Waals surface area contributed by atoms with Crippen molar-refractivity contribution in [3.63, 3.8) is 0 Å². The third kappa shape index (κ3) is 4.00. The van der Waals surface area contributed by atoms with Crippen LogP contribution in [0.1, 0.15) is 35.6 Å². The summed E-state index contributed by atoms with van der Waals surface area (Å²) >= 11 is 0. The fourth-order valence-electron chi connectivity index (χ4n) is 6.53. The van der Waals surface area contributed by atoms with E-state index in [0.29, 0.717) is 42.8 Å². The number of carbonyl (C=O) groups is 1. The van der Waals surface area contributed by atoms with E-state index in [4.69, 9.17) is 8.83 Å². The van der Waals surface area contributed by atoms with Crippen molar-refractivity contribution in [1.82, 2.24) is 9.47 Å². The van der Waals surface area contributed by atoms with E-state index in [1.165, 1.54) is 0 Å². The molecule has 0 unspecified atom stereocenters. The molecule has 39 heavy (non-hydrogen) atoms. The Morgan fingerprint density at radius 1 is 0.949 bits per heavy atom. The predicted octanol–water partition coefficient (Wildman–Crippen LogP) is 5.25. The Kier molecular flexibility index (Phi) is 5.54. The van der Waals surface area contributed by atoms with Gasteiger partial charge in [0.05, 0.1) is 6.26 Å². The number of aromatic nitrogens is 1. The molecule has 2 aliphatic rings. The number of pyridine rings is 1. The number of hydrogen-bond donors (Lipinski definition) is 0. The highest BCUT2D eigenvalue weighted by Gasteiger charge is 2.36. The van der Waals surface area contributed by atoms with Crippen LogP contribution in [0.15, 0.2) is 85.4 Å². The molecule has 0 spiro atoms. The van der Waals surface area contributed by atoms with Crippen molar-refractivity contribution in [2.24, 2.45) is 5.92 Å². The van der Waals surface area contributed by atoms with Crippen LogP contribution in [0.25, 0.3) is 33.1 Å². The fourth-order valence-corrected chi connectivity index (χ4v) is 6.53. The molecule has 2 aliphatic heterocycles. The lowest BCUT2D eigenvalue weighted by Crippen LogP contribution is -2.49. The van der Waals surface area contributed by atoms with E-state index in [-0.39, 0.29) is 29.7 Å². The van der Waals surface area contributed by atoms with Crippen molar-refractivity contribution in [2.75, 3.05) is 13.1 Å². The van der Waals surface area contributed by atoms with Gasteiger partial charge in [-0.2, -0.15) is 0 Å². The van der Waals surface area contributed by atoms with E-state index in [1.807, 2.05) is 58.9 Å². The number of likely N-dealkylation sites (tertiary alicyclic amines) is 1. The first kappa shape index (κ1) is 23.7. The fraction of sp³-hybridized carbons (Fsp3) is 0.281. The minimum Gasteiger partial charge on any atom is -0.464 e. The molecule has 3 aromatic heterocycles. The molecule has 7 rings (SSSR count). The van der Waals surface area contributed by atoms with Gasteiger partial charge in [-0.25, -0.2) is 4.79 Å². The van der Waals surface area contributed by atoms with Gasteiger partial charge in [0.2, 0.25) is 5.91 Å². The molecule has 5 aromatic rings. The minimum absolute atomic E-state index is 0.0315. The van der Waals surface area contributed by atoms with E-state index >= 15 is 0 Å². The van der Waals surface area contributed by atoms with E-state index in [0.717, 1.165) is 39.6 Å². The van der Waals surface area contributed by atoms with Gasteiger partial charge in [0.1, 0.15) is 11.2 Å². The maximum Gasteiger partial charge on any atom is 0.339 e. The van der Waals surface area contributed by atoms with Crippen molar-refractivity contribution >= 4 is 27.8 Å². The molecule has 1 amide bonds. The number of fused-ring (bicyclic) bond motifs is 6. The number of aryl methyl sites for hydroxylation is 1. The van der Waals surface area contributed by atoms with Crippen LogP contribution in [0, 0.1) is 12.8 Å². The summed E-state index contributed by atoms with van der Waals surface area (Å²) in [7, 11) is 0. The van der Waals surface area contributed by atoms with Crippen molar-refractivity contribution < 1.29 is 13.6 Å². The van der Waals surface area contributed by atoms with Crippen LogP contribution in [0.3, 0.4) is 0 Å². The maximum absolute atomic E-state index is 13.3. The average Bonchev–Trinajstić information content (AvgIpc) is 3.36. The Morgan fingerprint density at radius 3 is 2.64 bits per heavy atom. The highest BCUT2D eigenvalue weighted by atomic mass is 16.4. The first-order chi connectivity index (χ1) is 19.0. The second kappa shape index (κ2) is 9.12. The number of rotatable bonds is 4. The number of amides is 1. The van der Waals surface area contributed by atoms with Crippen molar-refractivity contribution in [3.8, 4) is 11.1 Å². The summed E-state index contributed by atoms with van der Waals surface area (Å²) in [6, 6.07) is 19.2. The Morgan fingerprint density at radius 2 is 1.79 bits per heavy atom. The smallest absolute Gasteiger partial charge is 0.339 e. The Hall–Kier alpha value is -4.39. The van der Waals surface area contributed by atoms with Gasteiger partial charge in [0.25, 0.3) is 5.56 Å². The predicted molar refractivity (Wildman–Crippen MR) is 149 cm³/mol. The topological polar surface area (TPSA) is 85.7 Å². The summed E-state index contributed by atoms with van der Waals surface area (Å²) in [5.74, 6) is 0.468. The molecule has 7 heteroatoms. The molecule has 7 nitrogen and oxygen atoms in total. The van der Waals surface area contributed by atoms with Gasteiger partial charge in [-0.15, -0.1) is 0 Å². The second-order valence-corrected chi connectivity index (χ2v) is 10.8. The average molecular weight is 521 g/mol. The summed E-state index contributed by atoms with van der Waals surface area (Å²) in [6.07, 6.45) is 3.28. The van der Waals surface area contributed by atoms with Gasteiger partial charge in [-0.3, -0.25) is 9.59 Å². The standard InChI is InChI=1S/C32H28N2O5/c1-19-23(10-11-30(35)33-15-20-12-22(17-33)27-8-5-9-31(36)34(27)16-20)32(37)39-29-14-28-25(13-24(19)29)26(18-38-28)21-6-3-2-4-7-21/h2-9,13-14,18,20,22H,10-12,15-17H2,1H3/t20-,22+/m0/s1. The third-order valence-corrected chi connectivity index (χ3v) is 8.49. The highest BCUT2D eigenvalue weighted by molar-refractivity contribution is 6.02. The summed E-state index contributed by atoms with van der Waals surface area (Å²) in [5, 5.41) is 1.80. The quantitative estimate of drug-likeness (QED) is 0.302. The van der Waals surface area contributed by atoms with Crippen LogP contribution in [0.4, 0.5) is 0 Å². The van der Waals surface area contributed by atoms with Gasteiger partial charge in [-0.1, -0.05) is 36.4 Å². The Balaban J connectivity index is 1.15. The van der Waals surface area contributed by atoms with Crippen LogP contribution in [-0.4, -0.2) is 28.5 Å². The SMILES string of the molecule is Cc1c(CCC(=O)N2C[C@@H]3C[C@H](C2)c2cccc(=O)n2C3)c(=O)oc2cc3occ(-c4ccccc4)c3cc12.